The molecule has 21 heavy (non-hydrogen) atoms. The average Bonchev–Trinajstić information content (AvgIpc) is 2.77. The van der Waals surface area contributed by atoms with E-state index in [0.717, 1.165) is 22.7 Å². The molecule has 0 fully saturated rings. The lowest BCUT2D eigenvalue weighted by Crippen LogP contribution is -2.30. The Bertz CT molecular complexity index is 789. The Morgan fingerprint density at radius 3 is 2.62 bits per heavy atom. The zero-order chi connectivity index (χ0) is 15.0. The number of pyridine rings is 1. The number of aryl methyl sites for hydroxylation is 3. The van der Waals surface area contributed by atoms with Crippen LogP contribution in [0.3, 0.4) is 0 Å². The topological polar surface area (TPSA) is 46.6 Å². The highest BCUT2D eigenvalue weighted by Gasteiger charge is 2.12. The molecule has 1 aromatic carbocycles. The van der Waals surface area contributed by atoms with E-state index in [1.165, 1.54) is 11.1 Å². The van der Waals surface area contributed by atoms with Gasteiger partial charge in [0.25, 0.3) is 0 Å². The van der Waals surface area contributed by atoms with Crippen LogP contribution in [0.1, 0.15) is 22.5 Å². The molecule has 0 aliphatic carbocycles. The number of rotatable bonds is 3. The molecule has 0 bridgehead atoms. The van der Waals surface area contributed by atoms with E-state index in [0.29, 0.717) is 6.54 Å². The molecule has 2 N–H and O–H groups in total. The van der Waals surface area contributed by atoms with Gasteiger partial charge in [-0.3, -0.25) is 0 Å². The number of nitrogens with two attached hydrogens (primary N) is 1. The summed E-state index contributed by atoms with van der Waals surface area (Å²) in [5.74, 6) is 6.30. The lowest BCUT2D eigenvalue weighted by Gasteiger charge is -2.20. The van der Waals surface area contributed by atoms with Gasteiger partial charge in [0, 0.05) is 11.9 Å². The summed E-state index contributed by atoms with van der Waals surface area (Å²) < 4.78 is 2.09. The van der Waals surface area contributed by atoms with Gasteiger partial charge in [-0.2, -0.15) is 0 Å². The van der Waals surface area contributed by atoms with Crippen molar-refractivity contribution in [2.24, 2.45) is 5.84 Å². The molecule has 0 spiro atoms. The Morgan fingerprint density at radius 1 is 1.10 bits per heavy atom. The molecule has 0 unspecified atom stereocenters. The summed E-state index contributed by atoms with van der Waals surface area (Å²) in [5.41, 5.74) is 6.50. The molecule has 0 atom stereocenters. The highest BCUT2D eigenvalue weighted by molar-refractivity contribution is 5.69. The van der Waals surface area contributed by atoms with Gasteiger partial charge in [0.2, 0.25) is 0 Å². The number of anilines is 1. The van der Waals surface area contributed by atoms with Crippen molar-refractivity contribution in [1.29, 1.82) is 0 Å². The first-order valence-electron chi connectivity index (χ1n) is 7.09. The lowest BCUT2D eigenvalue weighted by molar-refractivity contribution is 0.845. The Balaban J connectivity index is 2.00. The summed E-state index contributed by atoms with van der Waals surface area (Å²) in [6.07, 6.45) is 2.02. The summed E-state index contributed by atoms with van der Waals surface area (Å²) in [4.78, 5) is 4.64. The van der Waals surface area contributed by atoms with Crippen LogP contribution in [0.2, 0.25) is 0 Å². The quantitative estimate of drug-likeness (QED) is 0.592. The van der Waals surface area contributed by atoms with Crippen molar-refractivity contribution in [3.63, 3.8) is 0 Å². The number of imidazole rings is 1. The van der Waals surface area contributed by atoms with E-state index in [4.69, 9.17) is 5.84 Å². The zero-order valence-corrected chi connectivity index (χ0v) is 12.7. The predicted octanol–water partition coefficient (Wildman–Crippen LogP) is 3.14. The van der Waals surface area contributed by atoms with Gasteiger partial charge in [-0.15, -0.1) is 0 Å². The van der Waals surface area contributed by atoms with Crippen LogP contribution in [0.5, 0.6) is 0 Å². The van der Waals surface area contributed by atoms with Gasteiger partial charge >= 0.3 is 0 Å². The number of aromatic nitrogens is 2. The second-order valence-electron chi connectivity index (χ2n) is 5.42. The van der Waals surface area contributed by atoms with Gasteiger partial charge in [-0.05, 0) is 44.0 Å². The lowest BCUT2D eigenvalue weighted by atomic mass is 10.1. The first kappa shape index (κ1) is 13.6. The zero-order valence-electron chi connectivity index (χ0n) is 12.7. The monoisotopic (exact) mass is 280 g/mol. The fraction of sp³-hybridized carbons (Fsp3) is 0.235. The predicted molar refractivity (Wildman–Crippen MR) is 86.2 cm³/mol. The minimum absolute atomic E-state index is 0.664. The van der Waals surface area contributed by atoms with Crippen molar-refractivity contribution in [3.05, 3.63) is 65.1 Å². The van der Waals surface area contributed by atoms with Crippen molar-refractivity contribution in [2.75, 3.05) is 5.01 Å². The van der Waals surface area contributed by atoms with E-state index in [2.05, 4.69) is 35.4 Å². The third kappa shape index (κ3) is 2.38. The maximum Gasteiger partial charge on any atom is 0.162 e. The summed E-state index contributed by atoms with van der Waals surface area (Å²) in [5, 5.41) is 1.77. The fourth-order valence-electron chi connectivity index (χ4n) is 2.57. The molecule has 0 saturated heterocycles. The summed E-state index contributed by atoms with van der Waals surface area (Å²) in [6, 6.07) is 12.3. The maximum atomic E-state index is 6.30. The van der Waals surface area contributed by atoms with Gasteiger partial charge < -0.3 is 9.41 Å². The van der Waals surface area contributed by atoms with Crippen LogP contribution in [0, 0.1) is 20.8 Å². The summed E-state index contributed by atoms with van der Waals surface area (Å²) in [6.45, 7) is 6.86. The second-order valence-corrected chi connectivity index (χ2v) is 5.42. The molecule has 2 heterocycles. The minimum Gasteiger partial charge on any atom is -0.303 e. The van der Waals surface area contributed by atoms with E-state index in [1.54, 1.807) is 5.01 Å². The third-order valence-electron chi connectivity index (χ3n) is 4.02. The number of hydrazine groups is 1. The van der Waals surface area contributed by atoms with E-state index in [9.17, 15) is 0 Å². The SMILES string of the molecule is Cc1ccccc1CN(N)c1cccn2c(C)c(C)nc12. The number of hydrogen-bond donors (Lipinski definition) is 1. The van der Waals surface area contributed by atoms with Crippen LogP contribution in [0.15, 0.2) is 42.6 Å². The van der Waals surface area contributed by atoms with E-state index >= 15 is 0 Å². The summed E-state index contributed by atoms with van der Waals surface area (Å²) in [7, 11) is 0. The number of benzene rings is 1. The van der Waals surface area contributed by atoms with Crippen molar-refractivity contribution in [3.8, 4) is 0 Å². The van der Waals surface area contributed by atoms with Crippen LogP contribution in [-0.2, 0) is 6.54 Å². The van der Waals surface area contributed by atoms with Gasteiger partial charge in [0.1, 0.15) is 0 Å². The Morgan fingerprint density at radius 2 is 1.86 bits per heavy atom. The molecule has 4 heteroatoms. The van der Waals surface area contributed by atoms with Crippen LogP contribution < -0.4 is 10.9 Å². The number of nitrogens with zero attached hydrogens (tertiary/aromatic N) is 3. The molecule has 3 rings (SSSR count). The van der Waals surface area contributed by atoms with Crippen LogP contribution in [-0.4, -0.2) is 9.38 Å². The van der Waals surface area contributed by atoms with E-state index in [1.807, 2.05) is 37.4 Å². The highest BCUT2D eigenvalue weighted by atomic mass is 15.4. The van der Waals surface area contributed by atoms with Crippen molar-refractivity contribution >= 4 is 11.3 Å². The summed E-state index contributed by atoms with van der Waals surface area (Å²) >= 11 is 0. The second kappa shape index (κ2) is 5.22. The Hall–Kier alpha value is -2.33. The van der Waals surface area contributed by atoms with E-state index < -0.39 is 0 Å². The van der Waals surface area contributed by atoms with Gasteiger partial charge in [-0.1, -0.05) is 24.3 Å². The molecule has 108 valence electrons. The van der Waals surface area contributed by atoms with Gasteiger partial charge in [0.05, 0.1) is 17.9 Å². The molecule has 3 aromatic rings. The Labute approximate surface area is 124 Å². The van der Waals surface area contributed by atoms with Crippen LogP contribution in [0.4, 0.5) is 5.69 Å². The highest BCUT2D eigenvalue weighted by Crippen LogP contribution is 2.23. The van der Waals surface area contributed by atoms with Crippen molar-refractivity contribution in [2.45, 2.75) is 27.3 Å². The van der Waals surface area contributed by atoms with Crippen molar-refractivity contribution < 1.29 is 0 Å². The molecule has 0 aliphatic rings. The first-order chi connectivity index (χ1) is 10.1. The van der Waals surface area contributed by atoms with Crippen molar-refractivity contribution in [1.82, 2.24) is 9.38 Å². The van der Waals surface area contributed by atoms with Gasteiger partial charge in [0.15, 0.2) is 5.65 Å². The largest absolute Gasteiger partial charge is 0.303 e. The smallest absolute Gasteiger partial charge is 0.162 e. The molecular formula is C17H20N4. The molecule has 0 saturated carbocycles. The Kier molecular flexibility index (Phi) is 3.39. The standard InChI is InChI=1S/C17H20N4/c1-12-7-4-5-8-15(12)11-21(18)16-9-6-10-20-14(3)13(2)19-17(16)20/h4-10H,11,18H2,1-3H3. The molecule has 0 amide bonds. The first-order valence-corrected chi connectivity index (χ1v) is 7.09. The molecule has 0 radical (unpaired) electrons. The molecule has 2 aromatic heterocycles. The van der Waals surface area contributed by atoms with Gasteiger partial charge in [-0.25, -0.2) is 10.8 Å². The number of hydrogen-bond acceptors (Lipinski definition) is 3. The maximum absolute atomic E-state index is 6.30. The number of fused-ring (bicyclic) bond motifs is 1. The van der Waals surface area contributed by atoms with Crippen LogP contribution in [0.25, 0.3) is 5.65 Å². The average molecular weight is 280 g/mol. The fourth-order valence-corrected chi connectivity index (χ4v) is 2.57. The minimum atomic E-state index is 0.664. The molecule has 4 nitrogen and oxygen atoms in total. The van der Waals surface area contributed by atoms with Crippen LogP contribution >= 0.6 is 0 Å². The molecular weight excluding hydrogens is 260 g/mol. The normalized spacial score (nSPS) is 11.0. The molecule has 0 aliphatic heterocycles. The van der Waals surface area contributed by atoms with E-state index in [-0.39, 0.29) is 0 Å². The third-order valence-corrected chi connectivity index (χ3v) is 4.02.